The molecule has 0 amide bonds. The van der Waals surface area contributed by atoms with Crippen LogP contribution in [0.15, 0.2) is 40.8 Å². The highest BCUT2D eigenvalue weighted by Crippen LogP contribution is 2.41. The van der Waals surface area contributed by atoms with E-state index in [1.165, 1.54) is 0 Å². The van der Waals surface area contributed by atoms with Crippen LogP contribution in [0.2, 0.25) is 0 Å². The van der Waals surface area contributed by atoms with E-state index in [-0.39, 0.29) is 5.89 Å². The molecule has 2 aromatic carbocycles. The number of hydrogen-bond acceptors (Lipinski definition) is 6. The van der Waals surface area contributed by atoms with E-state index in [2.05, 4.69) is 10.2 Å². The fourth-order valence-corrected chi connectivity index (χ4v) is 2.81. The molecule has 7 heteroatoms. The van der Waals surface area contributed by atoms with Crippen LogP contribution in [0.1, 0.15) is 17.0 Å². The Morgan fingerprint density at radius 2 is 1.70 bits per heavy atom. The summed E-state index contributed by atoms with van der Waals surface area (Å²) in [6.45, 7) is 2.01. The van der Waals surface area contributed by atoms with Crippen molar-refractivity contribution in [3.05, 3.63) is 53.4 Å². The molecule has 0 unspecified atom stereocenters. The number of rotatable bonds is 6. The Labute approximate surface area is 162 Å². The largest absolute Gasteiger partial charge is 0.493 e. The fraction of sp³-hybridized carbons (Fsp3) is 0.200. The summed E-state index contributed by atoms with van der Waals surface area (Å²) in [6.07, 6.45) is 1.78. The van der Waals surface area contributed by atoms with E-state index in [4.69, 9.17) is 30.2 Å². The summed E-state index contributed by atoms with van der Waals surface area (Å²) >= 11 is 6.35. The third-order valence-corrected chi connectivity index (χ3v) is 4.15. The average Bonchev–Trinajstić information content (AvgIpc) is 3.17. The van der Waals surface area contributed by atoms with Crippen molar-refractivity contribution in [3.8, 4) is 28.7 Å². The second kappa shape index (κ2) is 8.14. The number of benzene rings is 2. The standard InChI is InChI=1S/C20H19ClN2O4/c1-12-6-5-7-13(8-12)9-15(21)20-23-22-19(27-20)14-10-16(24-2)18(26-4)17(11-14)25-3/h5-11H,1-4H3/b15-9-. The van der Waals surface area contributed by atoms with Crippen molar-refractivity contribution >= 4 is 22.7 Å². The van der Waals surface area contributed by atoms with Crippen molar-refractivity contribution in [2.75, 3.05) is 21.3 Å². The lowest BCUT2D eigenvalue weighted by molar-refractivity contribution is 0.324. The molecule has 6 nitrogen and oxygen atoms in total. The van der Waals surface area contributed by atoms with E-state index < -0.39 is 0 Å². The molecular formula is C20H19ClN2O4. The predicted octanol–water partition coefficient (Wildman–Crippen LogP) is 4.81. The van der Waals surface area contributed by atoms with E-state index >= 15 is 0 Å². The van der Waals surface area contributed by atoms with Crippen molar-refractivity contribution in [2.45, 2.75) is 6.92 Å². The molecule has 0 atom stereocenters. The second-order valence-electron chi connectivity index (χ2n) is 5.73. The third kappa shape index (κ3) is 4.06. The van der Waals surface area contributed by atoms with Gasteiger partial charge >= 0.3 is 0 Å². The van der Waals surface area contributed by atoms with E-state index in [0.717, 1.165) is 11.1 Å². The van der Waals surface area contributed by atoms with Crippen molar-refractivity contribution < 1.29 is 18.6 Å². The van der Waals surface area contributed by atoms with Gasteiger partial charge < -0.3 is 18.6 Å². The number of methoxy groups -OCH3 is 3. The number of aromatic nitrogens is 2. The minimum atomic E-state index is 0.224. The van der Waals surface area contributed by atoms with Crippen LogP contribution in [0.4, 0.5) is 0 Å². The first kappa shape index (κ1) is 18.8. The van der Waals surface area contributed by atoms with Gasteiger partial charge in [0, 0.05) is 5.56 Å². The van der Waals surface area contributed by atoms with Gasteiger partial charge in [-0.2, -0.15) is 0 Å². The summed E-state index contributed by atoms with van der Waals surface area (Å²) in [5, 5.41) is 8.47. The van der Waals surface area contributed by atoms with Gasteiger partial charge in [-0.05, 0) is 30.7 Å². The maximum atomic E-state index is 6.35. The Morgan fingerprint density at radius 1 is 1.00 bits per heavy atom. The van der Waals surface area contributed by atoms with Crippen molar-refractivity contribution in [1.82, 2.24) is 10.2 Å². The number of aryl methyl sites for hydroxylation is 1. The SMILES string of the molecule is COc1cc(-c2nnc(/C(Cl)=C/c3cccc(C)c3)o2)cc(OC)c1OC. The second-order valence-corrected chi connectivity index (χ2v) is 6.14. The maximum Gasteiger partial charge on any atom is 0.259 e. The number of nitrogens with zero attached hydrogens (tertiary/aromatic N) is 2. The molecule has 140 valence electrons. The highest BCUT2D eigenvalue weighted by atomic mass is 35.5. The van der Waals surface area contributed by atoms with Crippen LogP contribution >= 0.6 is 11.6 Å². The third-order valence-electron chi connectivity index (χ3n) is 3.88. The van der Waals surface area contributed by atoms with Crippen LogP contribution in [0.3, 0.4) is 0 Å². The zero-order valence-corrected chi connectivity index (χ0v) is 16.2. The van der Waals surface area contributed by atoms with Crippen molar-refractivity contribution in [1.29, 1.82) is 0 Å². The van der Waals surface area contributed by atoms with Gasteiger partial charge in [0.05, 0.1) is 21.3 Å². The first-order valence-electron chi connectivity index (χ1n) is 8.13. The molecule has 0 aliphatic rings. The lowest BCUT2D eigenvalue weighted by Crippen LogP contribution is -1.95. The molecule has 0 aliphatic heterocycles. The van der Waals surface area contributed by atoms with Gasteiger partial charge in [0.2, 0.25) is 11.6 Å². The molecule has 0 spiro atoms. The molecule has 0 saturated heterocycles. The molecule has 1 heterocycles. The summed E-state index contributed by atoms with van der Waals surface area (Å²) in [4.78, 5) is 0. The quantitative estimate of drug-likeness (QED) is 0.605. The molecule has 3 rings (SSSR count). The normalized spacial score (nSPS) is 11.4. The molecule has 3 aromatic rings. The Balaban J connectivity index is 1.96. The monoisotopic (exact) mass is 386 g/mol. The van der Waals surface area contributed by atoms with Crippen LogP contribution in [0.25, 0.3) is 22.6 Å². The molecule has 0 radical (unpaired) electrons. The first-order chi connectivity index (χ1) is 13.0. The number of halogens is 1. The topological polar surface area (TPSA) is 66.6 Å². The van der Waals surface area contributed by atoms with Crippen LogP contribution < -0.4 is 14.2 Å². The zero-order valence-electron chi connectivity index (χ0n) is 15.4. The lowest BCUT2D eigenvalue weighted by atomic mass is 10.1. The van der Waals surface area contributed by atoms with E-state index in [1.807, 2.05) is 31.2 Å². The molecule has 0 saturated carbocycles. The van der Waals surface area contributed by atoms with Gasteiger partial charge in [-0.3, -0.25) is 0 Å². The Morgan fingerprint density at radius 3 is 2.30 bits per heavy atom. The van der Waals surface area contributed by atoms with Crippen LogP contribution in [-0.2, 0) is 0 Å². The first-order valence-corrected chi connectivity index (χ1v) is 8.51. The van der Waals surface area contributed by atoms with Crippen molar-refractivity contribution in [3.63, 3.8) is 0 Å². The Hall–Kier alpha value is -2.99. The number of ether oxygens (including phenoxy) is 3. The maximum absolute atomic E-state index is 6.35. The van der Waals surface area contributed by atoms with Gasteiger partial charge in [-0.15, -0.1) is 10.2 Å². The minimum Gasteiger partial charge on any atom is -0.493 e. The van der Waals surface area contributed by atoms with Crippen LogP contribution in [0, 0.1) is 6.92 Å². The smallest absolute Gasteiger partial charge is 0.259 e. The highest BCUT2D eigenvalue weighted by molar-refractivity contribution is 6.50. The Bertz CT molecular complexity index is 957. The predicted molar refractivity (Wildman–Crippen MR) is 104 cm³/mol. The molecule has 27 heavy (non-hydrogen) atoms. The fourth-order valence-electron chi connectivity index (χ4n) is 2.61. The van der Waals surface area contributed by atoms with E-state index in [0.29, 0.717) is 33.7 Å². The molecule has 0 bridgehead atoms. The summed E-state index contributed by atoms with van der Waals surface area (Å²) < 4.78 is 21.8. The zero-order chi connectivity index (χ0) is 19.4. The average molecular weight is 387 g/mol. The lowest BCUT2D eigenvalue weighted by Gasteiger charge is -2.12. The summed E-state index contributed by atoms with van der Waals surface area (Å²) in [5.41, 5.74) is 2.72. The van der Waals surface area contributed by atoms with E-state index in [9.17, 15) is 0 Å². The van der Waals surface area contributed by atoms with Gasteiger partial charge in [0.1, 0.15) is 5.03 Å². The van der Waals surface area contributed by atoms with Gasteiger partial charge in [0.25, 0.3) is 5.89 Å². The summed E-state index contributed by atoms with van der Waals surface area (Å²) in [7, 11) is 4.63. The Kier molecular flexibility index (Phi) is 5.66. The summed E-state index contributed by atoms with van der Waals surface area (Å²) in [6, 6.07) is 11.4. The van der Waals surface area contributed by atoms with Crippen LogP contribution in [0.5, 0.6) is 17.2 Å². The molecule has 1 aromatic heterocycles. The van der Waals surface area contributed by atoms with E-state index in [1.54, 1.807) is 39.5 Å². The molecule has 0 fully saturated rings. The van der Waals surface area contributed by atoms with Gasteiger partial charge in [-0.1, -0.05) is 41.4 Å². The minimum absolute atomic E-state index is 0.224. The van der Waals surface area contributed by atoms with Gasteiger partial charge in [-0.25, -0.2) is 0 Å². The summed E-state index contributed by atoms with van der Waals surface area (Å²) in [5.74, 6) is 1.99. The molecular weight excluding hydrogens is 368 g/mol. The molecule has 0 aliphatic carbocycles. The van der Waals surface area contributed by atoms with Gasteiger partial charge in [0.15, 0.2) is 11.5 Å². The highest BCUT2D eigenvalue weighted by Gasteiger charge is 2.18. The number of hydrogen-bond donors (Lipinski definition) is 0. The van der Waals surface area contributed by atoms with Crippen LogP contribution in [-0.4, -0.2) is 31.5 Å². The van der Waals surface area contributed by atoms with Crippen molar-refractivity contribution in [2.24, 2.45) is 0 Å². The molecule has 0 N–H and O–H groups in total.